The zero-order chi connectivity index (χ0) is 12.6. The normalized spacial score (nSPS) is 18.3. The molecule has 0 fully saturated rings. The number of fused-ring (bicyclic) bond motifs is 1. The fraction of sp³-hybridized carbons (Fsp3) is 0.308. The highest BCUT2D eigenvalue weighted by atomic mass is 16.3. The molecule has 1 aromatic rings. The SMILES string of the molecule is CCCC(=O)C1C(=O)c2ccc(O)cc2C1=O. The number of phenolic OH excluding ortho intramolecular Hbond substituents is 1. The largest absolute Gasteiger partial charge is 0.508 e. The fourth-order valence-corrected chi connectivity index (χ4v) is 2.06. The Hall–Kier alpha value is -1.97. The highest BCUT2D eigenvalue weighted by Crippen LogP contribution is 2.30. The van der Waals surface area contributed by atoms with Crippen LogP contribution < -0.4 is 0 Å². The highest BCUT2D eigenvalue weighted by Gasteiger charge is 2.42. The summed E-state index contributed by atoms with van der Waals surface area (Å²) in [7, 11) is 0. The van der Waals surface area contributed by atoms with E-state index >= 15 is 0 Å². The Bertz CT molecular complexity index is 516. The Morgan fingerprint density at radius 3 is 2.53 bits per heavy atom. The molecular formula is C13H12O4. The first kappa shape index (κ1) is 11.5. The third kappa shape index (κ3) is 1.75. The van der Waals surface area contributed by atoms with E-state index < -0.39 is 17.5 Å². The van der Waals surface area contributed by atoms with Gasteiger partial charge in [0.2, 0.25) is 0 Å². The van der Waals surface area contributed by atoms with Crippen molar-refractivity contribution in [3.8, 4) is 5.75 Å². The lowest BCUT2D eigenvalue weighted by Gasteiger charge is -2.03. The number of Topliss-reactive ketones (excluding diaryl/α,β-unsaturated/α-hetero) is 3. The summed E-state index contributed by atoms with van der Waals surface area (Å²) in [5.41, 5.74) is 0.395. The van der Waals surface area contributed by atoms with Crippen LogP contribution in [0.1, 0.15) is 40.5 Å². The molecule has 1 aliphatic carbocycles. The van der Waals surface area contributed by atoms with Crippen LogP contribution in [0.4, 0.5) is 0 Å². The van der Waals surface area contributed by atoms with Crippen molar-refractivity contribution in [1.82, 2.24) is 0 Å². The number of phenols is 1. The average molecular weight is 232 g/mol. The van der Waals surface area contributed by atoms with Crippen molar-refractivity contribution < 1.29 is 19.5 Å². The molecule has 1 unspecified atom stereocenters. The molecule has 4 heteroatoms. The molecule has 0 aliphatic heterocycles. The maximum Gasteiger partial charge on any atom is 0.182 e. The monoisotopic (exact) mass is 232 g/mol. The van der Waals surface area contributed by atoms with Gasteiger partial charge in [-0.2, -0.15) is 0 Å². The maximum absolute atomic E-state index is 11.9. The van der Waals surface area contributed by atoms with Crippen LogP contribution in [0, 0.1) is 5.92 Å². The van der Waals surface area contributed by atoms with Gasteiger partial charge < -0.3 is 5.11 Å². The summed E-state index contributed by atoms with van der Waals surface area (Å²) in [6.07, 6.45) is 0.833. The molecule has 0 spiro atoms. The van der Waals surface area contributed by atoms with Crippen molar-refractivity contribution in [3.05, 3.63) is 29.3 Å². The Balaban J connectivity index is 2.42. The van der Waals surface area contributed by atoms with Gasteiger partial charge in [0.1, 0.15) is 11.7 Å². The number of benzene rings is 1. The smallest absolute Gasteiger partial charge is 0.182 e. The van der Waals surface area contributed by atoms with Crippen molar-refractivity contribution in [2.24, 2.45) is 5.92 Å². The van der Waals surface area contributed by atoms with Crippen molar-refractivity contribution >= 4 is 17.3 Å². The van der Waals surface area contributed by atoms with Gasteiger partial charge in [-0.1, -0.05) is 6.92 Å². The zero-order valence-corrected chi connectivity index (χ0v) is 9.40. The number of hydrogen-bond donors (Lipinski definition) is 1. The quantitative estimate of drug-likeness (QED) is 0.806. The summed E-state index contributed by atoms with van der Waals surface area (Å²) < 4.78 is 0. The average Bonchev–Trinajstić information content (AvgIpc) is 2.52. The van der Waals surface area contributed by atoms with Crippen LogP contribution in [0.5, 0.6) is 5.75 Å². The van der Waals surface area contributed by atoms with Gasteiger partial charge >= 0.3 is 0 Å². The Kier molecular flexibility index (Phi) is 2.79. The van der Waals surface area contributed by atoms with Gasteiger partial charge in [-0.25, -0.2) is 0 Å². The van der Waals surface area contributed by atoms with Crippen molar-refractivity contribution in [1.29, 1.82) is 0 Å². The molecule has 4 nitrogen and oxygen atoms in total. The van der Waals surface area contributed by atoms with Crippen LogP contribution >= 0.6 is 0 Å². The number of hydrogen-bond acceptors (Lipinski definition) is 4. The minimum absolute atomic E-state index is 0.0755. The van der Waals surface area contributed by atoms with E-state index in [4.69, 9.17) is 0 Å². The number of carbonyl (C=O) groups excluding carboxylic acids is 3. The molecule has 0 saturated heterocycles. The van der Waals surface area contributed by atoms with E-state index in [9.17, 15) is 19.5 Å². The second kappa shape index (κ2) is 4.13. The first-order chi connectivity index (χ1) is 8.06. The van der Waals surface area contributed by atoms with Crippen molar-refractivity contribution in [2.45, 2.75) is 19.8 Å². The molecule has 0 amide bonds. The number of carbonyl (C=O) groups is 3. The van der Waals surface area contributed by atoms with E-state index in [1.165, 1.54) is 18.2 Å². The van der Waals surface area contributed by atoms with E-state index in [0.717, 1.165) is 0 Å². The molecule has 1 atom stereocenters. The molecule has 17 heavy (non-hydrogen) atoms. The second-order valence-electron chi connectivity index (χ2n) is 4.11. The summed E-state index contributed by atoms with van der Waals surface area (Å²) in [6.45, 7) is 1.82. The van der Waals surface area contributed by atoms with E-state index in [-0.39, 0.29) is 29.1 Å². The summed E-state index contributed by atoms with van der Waals surface area (Å²) >= 11 is 0. The van der Waals surface area contributed by atoms with Crippen LogP contribution in [0.25, 0.3) is 0 Å². The standard InChI is InChI=1S/C13H12O4/c1-2-3-10(15)11-12(16)8-5-4-7(14)6-9(8)13(11)17/h4-6,11,14H,2-3H2,1H3. The Morgan fingerprint density at radius 1 is 1.24 bits per heavy atom. The van der Waals surface area contributed by atoms with Gasteiger partial charge in [-0.05, 0) is 24.6 Å². The molecule has 2 rings (SSSR count). The van der Waals surface area contributed by atoms with Crippen LogP contribution in [-0.4, -0.2) is 22.5 Å². The predicted molar refractivity (Wildman–Crippen MR) is 60.2 cm³/mol. The van der Waals surface area contributed by atoms with Gasteiger partial charge in [-0.15, -0.1) is 0 Å². The third-order valence-electron chi connectivity index (χ3n) is 2.88. The lowest BCUT2D eigenvalue weighted by Crippen LogP contribution is -2.25. The molecular weight excluding hydrogens is 220 g/mol. The van der Waals surface area contributed by atoms with Gasteiger partial charge in [0.05, 0.1) is 0 Å². The lowest BCUT2D eigenvalue weighted by atomic mass is 9.96. The second-order valence-corrected chi connectivity index (χ2v) is 4.11. The minimum atomic E-state index is -1.19. The predicted octanol–water partition coefficient (Wildman–Crippen LogP) is 1.76. The molecule has 0 heterocycles. The van der Waals surface area contributed by atoms with Gasteiger partial charge in [0, 0.05) is 17.5 Å². The van der Waals surface area contributed by atoms with Crippen molar-refractivity contribution in [2.75, 3.05) is 0 Å². The summed E-state index contributed by atoms with van der Waals surface area (Å²) in [5.74, 6) is -2.53. The molecule has 88 valence electrons. The van der Waals surface area contributed by atoms with Crippen LogP contribution in [0.2, 0.25) is 0 Å². The van der Waals surface area contributed by atoms with Crippen LogP contribution in [0.3, 0.4) is 0 Å². The molecule has 0 bridgehead atoms. The van der Waals surface area contributed by atoms with E-state index in [1.54, 1.807) is 0 Å². The number of rotatable bonds is 3. The first-order valence-corrected chi connectivity index (χ1v) is 5.50. The fourth-order valence-electron chi connectivity index (χ4n) is 2.06. The van der Waals surface area contributed by atoms with Crippen molar-refractivity contribution in [3.63, 3.8) is 0 Å². The van der Waals surface area contributed by atoms with Gasteiger partial charge in [0.15, 0.2) is 17.3 Å². The van der Waals surface area contributed by atoms with Gasteiger partial charge in [-0.3, -0.25) is 14.4 Å². The molecule has 1 aromatic carbocycles. The molecule has 0 aromatic heterocycles. The zero-order valence-electron chi connectivity index (χ0n) is 9.40. The first-order valence-electron chi connectivity index (χ1n) is 5.50. The number of ketones is 3. The highest BCUT2D eigenvalue weighted by molar-refractivity contribution is 6.35. The molecule has 0 radical (unpaired) electrons. The van der Waals surface area contributed by atoms with E-state index in [2.05, 4.69) is 0 Å². The minimum Gasteiger partial charge on any atom is -0.508 e. The van der Waals surface area contributed by atoms with Gasteiger partial charge in [0.25, 0.3) is 0 Å². The topological polar surface area (TPSA) is 71.4 Å². The summed E-state index contributed by atoms with van der Waals surface area (Å²) in [6, 6.07) is 3.98. The van der Waals surface area contributed by atoms with Crippen LogP contribution in [-0.2, 0) is 4.79 Å². The van der Waals surface area contributed by atoms with Crippen LogP contribution in [0.15, 0.2) is 18.2 Å². The summed E-state index contributed by atoms with van der Waals surface area (Å²) in [4.78, 5) is 35.5. The summed E-state index contributed by atoms with van der Waals surface area (Å²) in [5, 5.41) is 9.28. The van der Waals surface area contributed by atoms with E-state index in [0.29, 0.717) is 6.42 Å². The molecule has 0 saturated carbocycles. The Labute approximate surface area is 98.3 Å². The third-order valence-corrected chi connectivity index (χ3v) is 2.88. The van der Waals surface area contributed by atoms with E-state index in [1.807, 2.05) is 6.92 Å². The lowest BCUT2D eigenvalue weighted by molar-refractivity contribution is -0.120. The Morgan fingerprint density at radius 2 is 1.88 bits per heavy atom. The molecule has 1 aliphatic rings. The molecule has 1 N–H and O–H groups in total. The maximum atomic E-state index is 11.9. The number of aromatic hydroxyl groups is 1.